The van der Waals surface area contributed by atoms with Crippen molar-refractivity contribution in [1.29, 1.82) is 0 Å². The summed E-state index contributed by atoms with van der Waals surface area (Å²) in [5.41, 5.74) is 5.57. The van der Waals surface area contributed by atoms with Gasteiger partial charge in [0.15, 0.2) is 5.69 Å². The van der Waals surface area contributed by atoms with Crippen LogP contribution in [0.2, 0.25) is 0 Å². The zero-order chi connectivity index (χ0) is 9.84. The lowest BCUT2D eigenvalue weighted by molar-refractivity contribution is 0.0688. The minimum Gasteiger partial charge on any atom is -0.476 e. The first-order valence-electron chi connectivity index (χ1n) is 3.49. The van der Waals surface area contributed by atoms with E-state index in [2.05, 4.69) is 21.3 Å². The van der Waals surface area contributed by atoms with Crippen molar-refractivity contribution in [1.82, 2.24) is 15.4 Å². The second-order valence-electron chi connectivity index (χ2n) is 2.38. The molecule has 0 aliphatic heterocycles. The number of nitrogens with zero attached hydrogens (tertiary/aromatic N) is 2. The topological polar surface area (TPSA) is 105 Å². The summed E-state index contributed by atoms with van der Waals surface area (Å²) >= 11 is 0. The van der Waals surface area contributed by atoms with E-state index in [0.29, 0.717) is 0 Å². The Hall–Kier alpha value is -1.87. The van der Waals surface area contributed by atoms with Crippen LogP contribution in [0.1, 0.15) is 28.6 Å². The van der Waals surface area contributed by atoms with Crippen molar-refractivity contribution in [2.45, 2.75) is 12.5 Å². The molecular formula is C7H8N4O2. The maximum atomic E-state index is 10.6. The molecule has 0 aromatic carbocycles. The van der Waals surface area contributed by atoms with Crippen LogP contribution in [-0.4, -0.2) is 26.5 Å². The van der Waals surface area contributed by atoms with Gasteiger partial charge in [0.25, 0.3) is 0 Å². The monoisotopic (exact) mass is 180 g/mol. The fraction of sp³-hybridized carbons (Fsp3) is 0.286. The number of nitrogens with one attached hydrogen (secondary N) is 1. The van der Waals surface area contributed by atoms with Crippen molar-refractivity contribution in [3.05, 3.63) is 11.4 Å². The number of aromatic carboxylic acids is 1. The van der Waals surface area contributed by atoms with Gasteiger partial charge < -0.3 is 10.8 Å². The normalized spacial score (nSPS) is 12.0. The Balaban J connectivity index is 2.94. The van der Waals surface area contributed by atoms with Crippen molar-refractivity contribution < 1.29 is 9.90 Å². The van der Waals surface area contributed by atoms with Crippen LogP contribution in [0, 0.1) is 12.3 Å². The van der Waals surface area contributed by atoms with Gasteiger partial charge in [0.2, 0.25) is 0 Å². The number of rotatable bonds is 3. The molecule has 1 aromatic heterocycles. The molecule has 1 aromatic rings. The largest absolute Gasteiger partial charge is 0.476 e. The van der Waals surface area contributed by atoms with Crippen molar-refractivity contribution >= 4 is 5.97 Å². The molecule has 6 nitrogen and oxygen atoms in total. The van der Waals surface area contributed by atoms with Gasteiger partial charge in [-0.05, 0) is 0 Å². The molecule has 0 amide bonds. The maximum Gasteiger partial charge on any atom is 0.358 e. The molecule has 68 valence electrons. The van der Waals surface area contributed by atoms with Crippen LogP contribution in [0.25, 0.3) is 0 Å². The molecule has 0 unspecified atom stereocenters. The lowest BCUT2D eigenvalue weighted by Gasteiger charge is -2.03. The van der Waals surface area contributed by atoms with Gasteiger partial charge in [0.05, 0.1) is 6.04 Å². The molecule has 0 bridgehead atoms. The van der Waals surface area contributed by atoms with Gasteiger partial charge in [-0.2, -0.15) is 10.3 Å². The maximum absolute atomic E-state index is 10.6. The summed E-state index contributed by atoms with van der Waals surface area (Å²) in [6, 6.07) is -0.588. The third-order valence-corrected chi connectivity index (χ3v) is 1.47. The number of H-pyrrole nitrogens is 1. The Morgan fingerprint density at radius 2 is 2.46 bits per heavy atom. The Morgan fingerprint density at radius 1 is 1.77 bits per heavy atom. The zero-order valence-electron chi connectivity index (χ0n) is 6.69. The summed E-state index contributed by atoms with van der Waals surface area (Å²) in [4.78, 5) is 10.6. The predicted molar refractivity (Wildman–Crippen MR) is 43.7 cm³/mol. The summed E-state index contributed by atoms with van der Waals surface area (Å²) < 4.78 is 0. The summed E-state index contributed by atoms with van der Waals surface area (Å²) in [5, 5.41) is 17.9. The van der Waals surface area contributed by atoms with E-state index in [-0.39, 0.29) is 17.8 Å². The average Bonchev–Trinajstić information content (AvgIpc) is 2.52. The average molecular weight is 180 g/mol. The Labute approximate surface area is 74.1 Å². The summed E-state index contributed by atoms with van der Waals surface area (Å²) in [6.45, 7) is 0. The number of hydrogen-bond donors (Lipinski definition) is 3. The number of terminal acetylenes is 1. The van der Waals surface area contributed by atoms with Crippen molar-refractivity contribution in [2.75, 3.05) is 0 Å². The number of hydrogen-bond acceptors (Lipinski definition) is 4. The number of carboxylic acids is 1. The van der Waals surface area contributed by atoms with E-state index in [0.717, 1.165) is 0 Å². The molecule has 0 aliphatic rings. The van der Waals surface area contributed by atoms with Gasteiger partial charge in [-0.15, -0.1) is 17.4 Å². The van der Waals surface area contributed by atoms with E-state index >= 15 is 0 Å². The van der Waals surface area contributed by atoms with Crippen LogP contribution in [-0.2, 0) is 0 Å². The molecule has 0 fully saturated rings. The SMILES string of the molecule is C#CC[C@@H](N)c1n[nH]nc1C(=O)O. The van der Waals surface area contributed by atoms with Gasteiger partial charge in [0.1, 0.15) is 5.69 Å². The number of carbonyl (C=O) groups is 1. The second-order valence-corrected chi connectivity index (χ2v) is 2.38. The fourth-order valence-electron chi connectivity index (χ4n) is 0.879. The Kier molecular flexibility index (Phi) is 2.62. The quantitative estimate of drug-likeness (QED) is 0.545. The molecular weight excluding hydrogens is 172 g/mol. The molecule has 1 heterocycles. The molecule has 0 saturated heterocycles. The van der Waals surface area contributed by atoms with Crippen LogP contribution < -0.4 is 5.73 Å². The number of nitrogens with two attached hydrogens (primary N) is 1. The first-order chi connectivity index (χ1) is 6.16. The van der Waals surface area contributed by atoms with Crippen LogP contribution in [0.15, 0.2) is 0 Å². The minimum atomic E-state index is -1.17. The smallest absolute Gasteiger partial charge is 0.358 e. The lowest BCUT2D eigenvalue weighted by Crippen LogP contribution is -2.14. The number of carboxylic acid groups (broad SMARTS) is 1. The summed E-state index contributed by atoms with van der Waals surface area (Å²) in [7, 11) is 0. The predicted octanol–water partition coefficient (Wildman–Crippen LogP) is -0.474. The molecule has 1 atom stereocenters. The van der Waals surface area contributed by atoms with E-state index < -0.39 is 12.0 Å². The lowest BCUT2D eigenvalue weighted by atomic mass is 10.1. The van der Waals surface area contributed by atoms with E-state index in [4.69, 9.17) is 17.3 Å². The van der Waals surface area contributed by atoms with Gasteiger partial charge >= 0.3 is 5.97 Å². The molecule has 0 spiro atoms. The molecule has 4 N–H and O–H groups in total. The first kappa shape index (κ1) is 9.22. The highest BCUT2D eigenvalue weighted by Gasteiger charge is 2.19. The first-order valence-corrected chi connectivity index (χ1v) is 3.49. The van der Waals surface area contributed by atoms with Gasteiger partial charge in [-0.25, -0.2) is 4.79 Å². The number of aromatic nitrogens is 3. The summed E-state index contributed by atoms with van der Waals surface area (Å²) in [6.07, 6.45) is 5.25. The van der Waals surface area contributed by atoms with Crippen molar-refractivity contribution in [3.8, 4) is 12.3 Å². The van der Waals surface area contributed by atoms with Gasteiger partial charge in [0, 0.05) is 6.42 Å². The van der Waals surface area contributed by atoms with E-state index in [1.807, 2.05) is 0 Å². The van der Waals surface area contributed by atoms with Crippen molar-refractivity contribution in [2.24, 2.45) is 5.73 Å². The Morgan fingerprint density at radius 3 is 3.00 bits per heavy atom. The highest BCUT2D eigenvalue weighted by atomic mass is 16.4. The molecule has 0 saturated carbocycles. The molecule has 13 heavy (non-hydrogen) atoms. The van der Waals surface area contributed by atoms with Gasteiger partial charge in [-0.1, -0.05) is 0 Å². The zero-order valence-corrected chi connectivity index (χ0v) is 6.69. The highest BCUT2D eigenvalue weighted by Crippen LogP contribution is 2.13. The standard InChI is InChI=1S/C7H8N4O2/c1-2-3-4(8)5-6(7(12)13)10-11-9-5/h1,4H,3,8H2,(H,12,13)(H,9,10,11)/t4-/m1/s1. The highest BCUT2D eigenvalue weighted by molar-refractivity contribution is 5.86. The molecule has 0 radical (unpaired) electrons. The van der Waals surface area contributed by atoms with Crippen molar-refractivity contribution in [3.63, 3.8) is 0 Å². The van der Waals surface area contributed by atoms with E-state index in [1.54, 1.807) is 0 Å². The fourth-order valence-corrected chi connectivity index (χ4v) is 0.879. The second kappa shape index (κ2) is 3.69. The Bertz CT molecular complexity index is 352. The number of aromatic amines is 1. The molecule has 6 heteroatoms. The van der Waals surface area contributed by atoms with Gasteiger partial charge in [-0.3, -0.25) is 0 Å². The van der Waals surface area contributed by atoms with Crippen LogP contribution in [0.3, 0.4) is 0 Å². The third kappa shape index (κ3) is 1.83. The summed E-state index contributed by atoms with van der Waals surface area (Å²) in [5.74, 6) is 1.15. The van der Waals surface area contributed by atoms with Crippen LogP contribution in [0.4, 0.5) is 0 Å². The third-order valence-electron chi connectivity index (χ3n) is 1.47. The molecule has 1 rings (SSSR count). The minimum absolute atomic E-state index is 0.178. The van der Waals surface area contributed by atoms with E-state index in [9.17, 15) is 4.79 Å². The van der Waals surface area contributed by atoms with E-state index in [1.165, 1.54) is 0 Å². The molecule has 0 aliphatic carbocycles. The van der Waals surface area contributed by atoms with Crippen LogP contribution in [0.5, 0.6) is 0 Å². The van der Waals surface area contributed by atoms with Crippen LogP contribution >= 0.6 is 0 Å².